The molecule has 0 saturated carbocycles. The van der Waals surface area contributed by atoms with E-state index in [1.807, 2.05) is 57.9 Å². The molecule has 0 bridgehead atoms. The lowest BCUT2D eigenvalue weighted by Gasteiger charge is -2.46. The van der Waals surface area contributed by atoms with Gasteiger partial charge in [0.2, 0.25) is 0 Å². The van der Waals surface area contributed by atoms with Crippen LogP contribution in [0.25, 0.3) is 0 Å². The van der Waals surface area contributed by atoms with Gasteiger partial charge in [-0.1, -0.05) is 45.6 Å². The van der Waals surface area contributed by atoms with Crippen LogP contribution >= 0.6 is 9.24 Å². The third kappa shape index (κ3) is 4.53. The largest absolute Gasteiger partial charge is 0.388 e. The molecular weight excluding hydrogens is 269 g/mol. The van der Waals surface area contributed by atoms with E-state index in [0.29, 0.717) is 6.54 Å². The molecule has 4 heteroatoms. The lowest BCUT2D eigenvalue weighted by Crippen LogP contribution is -2.60. The van der Waals surface area contributed by atoms with Crippen molar-refractivity contribution in [3.8, 4) is 0 Å². The maximum atomic E-state index is 10.9. The molecule has 1 heterocycles. The standard InChI is InChI=1S/C14H24NO2P.C2H6/c1-5-12(7-6-11(3)18)14(17)10(2)8-15(4)9-13(14)16;1-2/h5-7,10,13,16-17H,3,8-9,18H2,1-2,4H3;1-2H3/b7-6-,12-5+;. The van der Waals surface area contributed by atoms with E-state index in [9.17, 15) is 10.2 Å². The predicted octanol–water partition coefficient (Wildman–Crippen LogP) is 2.58. The Balaban J connectivity index is 0.00000172. The van der Waals surface area contributed by atoms with Crippen LogP contribution in [0.3, 0.4) is 0 Å². The third-order valence-electron chi connectivity index (χ3n) is 3.58. The second kappa shape index (κ2) is 8.74. The quantitative estimate of drug-likeness (QED) is 0.622. The van der Waals surface area contributed by atoms with Gasteiger partial charge in [0.15, 0.2) is 0 Å². The van der Waals surface area contributed by atoms with Crippen LogP contribution in [0.5, 0.6) is 0 Å². The Kier molecular flexibility index (Phi) is 8.53. The summed E-state index contributed by atoms with van der Waals surface area (Å²) in [5.41, 5.74) is -0.433. The van der Waals surface area contributed by atoms with Crippen LogP contribution in [0.4, 0.5) is 0 Å². The van der Waals surface area contributed by atoms with Crippen molar-refractivity contribution >= 4 is 9.24 Å². The Morgan fingerprint density at radius 3 is 2.30 bits per heavy atom. The number of likely N-dealkylation sites (tertiary alicyclic amines) is 1. The molecule has 0 aromatic rings. The minimum atomic E-state index is -1.18. The predicted molar refractivity (Wildman–Crippen MR) is 90.7 cm³/mol. The van der Waals surface area contributed by atoms with E-state index < -0.39 is 11.7 Å². The van der Waals surface area contributed by atoms with Crippen LogP contribution in [0, 0.1) is 5.92 Å². The molecule has 4 unspecified atom stereocenters. The number of hydrogen-bond acceptors (Lipinski definition) is 3. The van der Waals surface area contributed by atoms with Crippen LogP contribution in [0.2, 0.25) is 0 Å². The van der Waals surface area contributed by atoms with E-state index in [-0.39, 0.29) is 5.92 Å². The number of rotatable bonds is 3. The van der Waals surface area contributed by atoms with Crippen molar-refractivity contribution in [2.45, 2.75) is 39.4 Å². The molecule has 0 aromatic heterocycles. The van der Waals surface area contributed by atoms with Gasteiger partial charge in [0.05, 0.1) is 6.10 Å². The summed E-state index contributed by atoms with van der Waals surface area (Å²) in [6.45, 7) is 12.9. The molecule has 4 atom stereocenters. The molecule has 116 valence electrons. The van der Waals surface area contributed by atoms with Gasteiger partial charge >= 0.3 is 0 Å². The summed E-state index contributed by atoms with van der Waals surface area (Å²) in [6.07, 6.45) is 4.74. The Bertz CT molecular complexity index is 365. The highest BCUT2D eigenvalue weighted by molar-refractivity contribution is 7.22. The van der Waals surface area contributed by atoms with Crippen molar-refractivity contribution in [1.29, 1.82) is 0 Å². The van der Waals surface area contributed by atoms with Gasteiger partial charge in [-0.15, -0.1) is 9.24 Å². The minimum Gasteiger partial charge on any atom is -0.388 e. The first-order chi connectivity index (χ1) is 9.32. The van der Waals surface area contributed by atoms with Gasteiger partial charge in [-0.3, -0.25) is 0 Å². The summed E-state index contributed by atoms with van der Waals surface area (Å²) in [7, 11) is 4.46. The van der Waals surface area contributed by atoms with Crippen molar-refractivity contribution in [2.24, 2.45) is 5.92 Å². The van der Waals surface area contributed by atoms with Crippen LogP contribution in [-0.2, 0) is 0 Å². The van der Waals surface area contributed by atoms with Gasteiger partial charge in [0.1, 0.15) is 5.60 Å². The minimum absolute atomic E-state index is 0.0279. The summed E-state index contributed by atoms with van der Waals surface area (Å²) < 4.78 is 0. The topological polar surface area (TPSA) is 43.7 Å². The van der Waals surface area contributed by atoms with Gasteiger partial charge in [-0.2, -0.15) is 0 Å². The van der Waals surface area contributed by atoms with Gasteiger partial charge in [0, 0.05) is 19.0 Å². The Labute approximate surface area is 126 Å². The zero-order valence-corrected chi connectivity index (χ0v) is 14.6. The van der Waals surface area contributed by atoms with Crippen LogP contribution in [0.15, 0.2) is 35.7 Å². The van der Waals surface area contributed by atoms with Gasteiger partial charge in [0.25, 0.3) is 0 Å². The van der Waals surface area contributed by atoms with Crippen LogP contribution in [0.1, 0.15) is 27.7 Å². The molecule has 1 aliphatic heterocycles. The Morgan fingerprint density at radius 2 is 1.90 bits per heavy atom. The zero-order valence-electron chi connectivity index (χ0n) is 13.4. The number of hydrogen-bond donors (Lipinski definition) is 2. The first kappa shape index (κ1) is 19.5. The molecule has 1 rings (SSSR count). The Morgan fingerprint density at radius 1 is 1.35 bits per heavy atom. The SMILES string of the molecule is C=C(P)/C=C\C(=C/C)C1(O)C(C)CN(C)CC1O.CC. The molecule has 0 aromatic carbocycles. The van der Waals surface area contributed by atoms with E-state index in [4.69, 9.17) is 0 Å². The molecule has 0 spiro atoms. The first-order valence-electron chi connectivity index (χ1n) is 7.20. The number of likely N-dealkylation sites (N-methyl/N-ethyl adjacent to an activating group) is 1. The molecule has 1 fully saturated rings. The van der Waals surface area contributed by atoms with E-state index in [2.05, 4.69) is 15.8 Å². The van der Waals surface area contributed by atoms with Crippen LogP contribution in [-0.4, -0.2) is 47.0 Å². The van der Waals surface area contributed by atoms with E-state index >= 15 is 0 Å². The monoisotopic (exact) mass is 299 g/mol. The summed E-state index contributed by atoms with van der Waals surface area (Å²) in [5, 5.41) is 21.9. The van der Waals surface area contributed by atoms with E-state index in [1.165, 1.54) is 0 Å². The second-order valence-corrected chi connectivity index (χ2v) is 5.86. The van der Waals surface area contributed by atoms with Gasteiger partial charge < -0.3 is 15.1 Å². The second-order valence-electron chi connectivity index (χ2n) is 5.12. The highest BCUT2D eigenvalue weighted by Crippen LogP contribution is 2.35. The highest BCUT2D eigenvalue weighted by Gasteiger charge is 2.46. The number of aliphatic hydroxyl groups excluding tert-OH is 1. The zero-order chi connectivity index (χ0) is 15.9. The molecule has 1 aliphatic rings. The first-order valence-corrected chi connectivity index (χ1v) is 7.78. The highest BCUT2D eigenvalue weighted by atomic mass is 31.0. The number of allylic oxidation sites excluding steroid dienone is 3. The molecule has 0 radical (unpaired) electrons. The van der Waals surface area contributed by atoms with E-state index in [1.54, 1.807) is 0 Å². The summed E-state index contributed by atoms with van der Waals surface area (Å²) in [4.78, 5) is 2.04. The smallest absolute Gasteiger partial charge is 0.120 e. The summed E-state index contributed by atoms with van der Waals surface area (Å²) in [6, 6.07) is 0. The summed E-state index contributed by atoms with van der Waals surface area (Å²) in [5.74, 6) is -0.0279. The maximum Gasteiger partial charge on any atom is 0.120 e. The lowest BCUT2D eigenvalue weighted by molar-refractivity contribution is -0.120. The number of piperidine rings is 1. The lowest BCUT2D eigenvalue weighted by atomic mass is 9.74. The number of aliphatic hydroxyl groups is 2. The fourth-order valence-electron chi connectivity index (χ4n) is 2.58. The van der Waals surface area contributed by atoms with Crippen LogP contribution < -0.4 is 0 Å². The van der Waals surface area contributed by atoms with Gasteiger partial charge in [-0.25, -0.2) is 0 Å². The van der Waals surface area contributed by atoms with E-state index in [0.717, 1.165) is 17.4 Å². The summed E-state index contributed by atoms with van der Waals surface area (Å²) >= 11 is 0. The van der Waals surface area contributed by atoms with Crippen molar-refractivity contribution < 1.29 is 10.2 Å². The molecule has 3 nitrogen and oxygen atoms in total. The number of nitrogens with zero attached hydrogens (tertiary/aromatic N) is 1. The molecule has 0 aliphatic carbocycles. The number of β-amino-alcohol motifs (C(OH)–C–C–N with tert-alkyl or cyclic N) is 1. The Hall–Kier alpha value is -0.470. The maximum absolute atomic E-state index is 10.9. The molecule has 0 amide bonds. The van der Waals surface area contributed by atoms with Crippen molar-refractivity contribution in [1.82, 2.24) is 4.90 Å². The normalized spacial score (nSPS) is 31.9. The van der Waals surface area contributed by atoms with Crippen molar-refractivity contribution in [3.05, 3.63) is 35.7 Å². The molecular formula is C16H30NO2P. The van der Waals surface area contributed by atoms with Gasteiger partial charge in [-0.05, 0) is 24.9 Å². The van der Waals surface area contributed by atoms with Crippen molar-refractivity contribution in [2.75, 3.05) is 20.1 Å². The average Bonchev–Trinajstić information content (AvgIpc) is 2.39. The molecule has 2 N–H and O–H groups in total. The third-order valence-corrected chi connectivity index (χ3v) is 3.77. The molecule has 20 heavy (non-hydrogen) atoms. The molecule has 1 saturated heterocycles. The fourth-order valence-corrected chi connectivity index (χ4v) is 2.67. The van der Waals surface area contributed by atoms with Crippen molar-refractivity contribution in [3.63, 3.8) is 0 Å². The fraction of sp³-hybridized carbons (Fsp3) is 0.625. The average molecular weight is 299 g/mol.